The van der Waals surface area contributed by atoms with Crippen LogP contribution in [-0.4, -0.2) is 37.4 Å². The van der Waals surface area contributed by atoms with Crippen molar-refractivity contribution in [1.82, 2.24) is 24.5 Å². The minimum atomic E-state index is -0.0686. The predicted molar refractivity (Wildman–Crippen MR) is 96.6 cm³/mol. The number of fused-ring (bicyclic) bond motifs is 2. The summed E-state index contributed by atoms with van der Waals surface area (Å²) in [6.45, 7) is 4.44. The molecule has 0 atom stereocenters. The lowest BCUT2D eigenvalue weighted by molar-refractivity contribution is 0.0784. The van der Waals surface area contributed by atoms with Crippen molar-refractivity contribution in [3.63, 3.8) is 0 Å². The maximum Gasteiger partial charge on any atom is 0.257 e. The van der Waals surface area contributed by atoms with Gasteiger partial charge in [-0.3, -0.25) is 4.79 Å². The van der Waals surface area contributed by atoms with Crippen LogP contribution in [0, 0.1) is 13.8 Å². The summed E-state index contributed by atoms with van der Waals surface area (Å²) in [6, 6.07) is 9.98. The van der Waals surface area contributed by atoms with E-state index in [-0.39, 0.29) is 5.91 Å². The van der Waals surface area contributed by atoms with Crippen molar-refractivity contribution >= 4 is 22.5 Å². The Morgan fingerprint density at radius 2 is 2.12 bits per heavy atom. The SMILES string of the molecule is Cc1ccc2nc(CN(C)C(=O)c3cnn4cccc(C)c34)[nH]c2c1. The first-order chi connectivity index (χ1) is 12.0. The van der Waals surface area contributed by atoms with Gasteiger partial charge in [0.05, 0.1) is 34.9 Å². The van der Waals surface area contributed by atoms with Crippen LogP contribution >= 0.6 is 0 Å². The average molecular weight is 333 g/mol. The van der Waals surface area contributed by atoms with Gasteiger partial charge in [-0.25, -0.2) is 9.50 Å². The molecule has 0 saturated heterocycles. The van der Waals surface area contributed by atoms with Gasteiger partial charge in [-0.15, -0.1) is 0 Å². The van der Waals surface area contributed by atoms with Crippen LogP contribution in [0.5, 0.6) is 0 Å². The Morgan fingerprint density at radius 3 is 2.96 bits per heavy atom. The maximum absolute atomic E-state index is 12.9. The van der Waals surface area contributed by atoms with Crippen molar-refractivity contribution in [3.05, 3.63) is 65.2 Å². The van der Waals surface area contributed by atoms with Crippen molar-refractivity contribution in [1.29, 1.82) is 0 Å². The molecule has 1 aromatic carbocycles. The summed E-state index contributed by atoms with van der Waals surface area (Å²) in [5.41, 5.74) is 5.55. The lowest BCUT2D eigenvalue weighted by atomic mass is 10.1. The largest absolute Gasteiger partial charge is 0.340 e. The van der Waals surface area contributed by atoms with E-state index < -0.39 is 0 Å². The number of carbonyl (C=O) groups is 1. The van der Waals surface area contributed by atoms with Crippen molar-refractivity contribution in [2.75, 3.05) is 7.05 Å². The zero-order valence-electron chi connectivity index (χ0n) is 14.4. The Kier molecular flexibility index (Phi) is 3.53. The molecule has 6 heteroatoms. The van der Waals surface area contributed by atoms with Gasteiger partial charge in [-0.1, -0.05) is 12.1 Å². The molecule has 3 aromatic heterocycles. The number of benzene rings is 1. The highest BCUT2D eigenvalue weighted by Crippen LogP contribution is 2.18. The average Bonchev–Trinajstić information content (AvgIpc) is 3.18. The number of H-pyrrole nitrogens is 1. The number of rotatable bonds is 3. The Labute approximate surface area is 145 Å². The van der Waals surface area contributed by atoms with Crippen LogP contribution < -0.4 is 0 Å². The predicted octanol–water partition coefficient (Wildman–Crippen LogP) is 3.10. The van der Waals surface area contributed by atoms with E-state index in [2.05, 4.69) is 21.1 Å². The van der Waals surface area contributed by atoms with E-state index in [0.29, 0.717) is 12.1 Å². The van der Waals surface area contributed by atoms with Gasteiger partial charge in [0.25, 0.3) is 5.91 Å². The molecule has 6 nitrogen and oxygen atoms in total. The quantitative estimate of drug-likeness (QED) is 0.626. The second kappa shape index (κ2) is 5.73. The number of nitrogens with zero attached hydrogens (tertiary/aromatic N) is 4. The summed E-state index contributed by atoms with van der Waals surface area (Å²) in [6.07, 6.45) is 3.48. The Bertz CT molecular complexity index is 1090. The molecule has 0 unspecified atom stereocenters. The molecule has 0 radical (unpaired) electrons. The molecule has 25 heavy (non-hydrogen) atoms. The smallest absolute Gasteiger partial charge is 0.257 e. The zero-order chi connectivity index (χ0) is 17.6. The zero-order valence-corrected chi connectivity index (χ0v) is 14.4. The van der Waals surface area contributed by atoms with Crippen molar-refractivity contribution in [3.8, 4) is 0 Å². The van der Waals surface area contributed by atoms with E-state index in [4.69, 9.17) is 0 Å². The molecule has 0 saturated carbocycles. The normalized spacial score (nSPS) is 11.3. The van der Waals surface area contributed by atoms with Crippen LogP contribution in [0.1, 0.15) is 27.3 Å². The molecule has 0 fully saturated rings. The number of amides is 1. The van der Waals surface area contributed by atoms with Gasteiger partial charge in [0.1, 0.15) is 5.82 Å². The number of aromatic nitrogens is 4. The summed E-state index contributed by atoms with van der Waals surface area (Å²) in [5.74, 6) is 0.700. The molecule has 4 aromatic rings. The Hall–Kier alpha value is -3.15. The molecule has 3 heterocycles. The lowest BCUT2D eigenvalue weighted by Gasteiger charge is -2.15. The third kappa shape index (κ3) is 2.65. The van der Waals surface area contributed by atoms with Crippen molar-refractivity contribution in [2.24, 2.45) is 0 Å². The standard InChI is InChI=1S/C19H19N5O/c1-12-6-7-15-16(9-12)22-17(21-15)11-23(3)19(25)14-10-20-24-8-4-5-13(2)18(14)24/h4-10H,11H2,1-3H3,(H,21,22). The van der Waals surface area contributed by atoms with Gasteiger partial charge in [0.15, 0.2) is 0 Å². The molecule has 0 aliphatic heterocycles. The van der Waals surface area contributed by atoms with Gasteiger partial charge >= 0.3 is 0 Å². The minimum absolute atomic E-state index is 0.0686. The van der Waals surface area contributed by atoms with Gasteiger partial charge in [-0.05, 0) is 43.2 Å². The number of imidazole rings is 1. The van der Waals surface area contributed by atoms with E-state index in [1.165, 1.54) is 5.56 Å². The number of hydrogen-bond donors (Lipinski definition) is 1. The molecular formula is C19H19N5O. The Balaban J connectivity index is 1.63. The van der Waals surface area contributed by atoms with Crippen molar-refractivity contribution < 1.29 is 4.79 Å². The first kappa shape index (κ1) is 15.4. The Morgan fingerprint density at radius 1 is 1.28 bits per heavy atom. The second-order valence-corrected chi connectivity index (χ2v) is 6.41. The summed E-state index contributed by atoms with van der Waals surface area (Å²) in [4.78, 5) is 22.4. The molecule has 0 aliphatic rings. The molecule has 1 amide bonds. The van der Waals surface area contributed by atoms with Gasteiger partial charge in [0.2, 0.25) is 0 Å². The van der Waals surface area contributed by atoms with E-state index in [0.717, 1.165) is 27.9 Å². The van der Waals surface area contributed by atoms with E-state index in [1.807, 2.05) is 44.3 Å². The van der Waals surface area contributed by atoms with Crippen LogP contribution in [0.4, 0.5) is 0 Å². The van der Waals surface area contributed by atoms with Crippen LogP contribution in [0.3, 0.4) is 0 Å². The molecule has 1 N–H and O–H groups in total. The van der Waals surface area contributed by atoms with Gasteiger partial charge in [0, 0.05) is 13.2 Å². The number of carbonyl (C=O) groups excluding carboxylic acids is 1. The summed E-state index contributed by atoms with van der Waals surface area (Å²) < 4.78 is 1.74. The fourth-order valence-corrected chi connectivity index (χ4v) is 3.13. The van der Waals surface area contributed by atoms with E-state index in [9.17, 15) is 4.79 Å². The molecule has 126 valence electrons. The summed E-state index contributed by atoms with van der Waals surface area (Å²) in [7, 11) is 1.78. The highest BCUT2D eigenvalue weighted by molar-refractivity contribution is 6.01. The highest BCUT2D eigenvalue weighted by atomic mass is 16.2. The van der Waals surface area contributed by atoms with Crippen LogP contribution in [0.15, 0.2) is 42.7 Å². The first-order valence-corrected chi connectivity index (χ1v) is 8.16. The number of aromatic amines is 1. The number of nitrogens with one attached hydrogen (secondary N) is 1. The first-order valence-electron chi connectivity index (χ1n) is 8.16. The summed E-state index contributed by atoms with van der Waals surface area (Å²) in [5, 5.41) is 4.28. The van der Waals surface area contributed by atoms with Crippen LogP contribution in [-0.2, 0) is 6.54 Å². The third-order valence-corrected chi connectivity index (χ3v) is 4.39. The molecule has 0 aliphatic carbocycles. The van der Waals surface area contributed by atoms with Gasteiger partial charge < -0.3 is 9.88 Å². The van der Waals surface area contributed by atoms with Crippen molar-refractivity contribution in [2.45, 2.75) is 20.4 Å². The lowest BCUT2D eigenvalue weighted by Crippen LogP contribution is -2.26. The fraction of sp³-hybridized carbons (Fsp3) is 0.211. The van der Waals surface area contributed by atoms with Crippen LogP contribution in [0.25, 0.3) is 16.6 Å². The highest BCUT2D eigenvalue weighted by Gasteiger charge is 2.19. The van der Waals surface area contributed by atoms with Crippen LogP contribution in [0.2, 0.25) is 0 Å². The molecular weight excluding hydrogens is 314 g/mol. The monoisotopic (exact) mass is 333 g/mol. The molecule has 0 bridgehead atoms. The van der Waals surface area contributed by atoms with Gasteiger partial charge in [-0.2, -0.15) is 5.10 Å². The second-order valence-electron chi connectivity index (χ2n) is 6.41. The summed E-state index contributed by atoms with van der Waals surface area (Å²) >= 11 is 0. The third-order valence-electron chi connectivity index (χ3n) is 4.39. The number of pyridine rings is 1. The van der Waals surface area contributed by atoms with E-state index in [1.54, 1.807) is 22.7 Å². The molecule has 0 spiro atoms. The fourth-order valence-electron chi connectivity index (χ4n) is 3.13. The topological polar surface area (TPSA) is 66.3 Å². The maximum atomic E-state index is 12.9. The number of aryl methyl sites for hydroxylation is 2. The van der Waals surface area contributed by atoms with E-state index >= 15 is 0 Å². The minimum Gasteiger partial charge on any atom is -0.340 e. The number of hydrogen-bond acceptors (Lipinski definition) is 3. The molecule has 4 rings (SSSR count).